The van der Waals surface area contributed by atoms with Crippen LogP contribution in [0.25, 0.3) is 0 Å². The van der Waals surface area contributed by atoms with Gasteiger partial charge in [-0.15, -0.1) is 0 Å². The Bertz CT molecular complexity index is 403. The number of likely N-dealkylation sites (N-methyl/N-ethyl adjacent to an activating group) is 1. The van der Waals surface area contributed by atoms with E-state index in [9.17, 15) is 9.90 Å². The van der Waals surface area contributed by atoms with E-state index in [0.29, 0.717) is 17.8 Å². The van der Waals surface area contributed by atoms with Crippen LogP contribution in [0, 0.1) is 0 Å². The lowest BCUT2D eigenvalue weighted by Gasteiger charge is -2.18. The minimum absolute atomic E-state index is 0.0399. The van der Waals surface area contributed by atoms with E-state index >= 15 is 0 Å². The van der Waals surface area contributed by atoms with Crippen molar-refractivity contribution < 1.29 is 9.90 Å². The summed E-state index contributed by atoms with van der Waals surface area (Å²) >= 11 is 0. The van der Waals surface area contributed by atoms with E-state index in [2.05, 4.69) is 24.1 Å². The summed E-state index contributed by atoms with van der Waals surface area (Å²) in [6, 6.07) is 4.36. The molecule has 0 unspecified atom stereocenters. The lowest BCUT2D eigenvalue weighted by atomic mass is 10.1. The summed E-state index contributed by atoms with van der Waals surface area (Å²) in [5.41, 5.74) is 6.37. The van der Waals surface area contributed by atoms with Crippen molar-refractivity contribution in [3.63, 3.8) is 0 Å². The molecular formula is C13H21N3O2. The molecule has 0 aliphatic heterocycles. The fourth-order valence-corrected chi connectivity index (χ4v) is 1.70. The molecule has 1 rings (SSSR count). The highest BCUT2D eigenvalue weighted by Crippen LogP contribution is 2.17. The van der Waals surface area contributed by atoms with Crippen molar-refractivity contribution in [2.24, 2.45) is 0 Å². The van der Waals surface area contributed by atoms with Crippen molar-refractivity contribution >= 4 is 11.6 Å². The van der Waals surface area contributed by atoms with Gasteiger partial charge in [0.15, 0.2) is 0 Å². The molecule has 0 aromatic heterocycles. The molecule has 0 saturated heterocycles. The average molecular weight is 251 g/mol. The maximum absolute atomic E-state index is 11.9. The number of hydrogen-bond acceptors (Lipinski definition) is 4. The number of phenols is 1. The van der Waals surface area contributed by atoms with E-state index in [1.807, 2.05) is 0 Å². The number of anilines is 1. The quantitative estimate of drug-likeness (QED) is 0.521. The van der Waals surface area contributed by atoms with Gasteiger partial charge in [0.1, 0.15) is 5.75 Å². The second-order valence-electron chi connectivity index (χ2n) is 4.05. The van der Waals surface area contributed by atoms with E-state index in [4.69, 9.17) is 5.73 Å². The number of carbonyl (C=O) groups excluding carboxylic acids is 1. The zero-order valence-electron chi connectivity index (χ0n) is 10.9. The highest BCUT2D eigenvalue weighted by Gasteiger charge is 2.10. The van der Waals surface area contributed by atoms with Crippen molar-refractivity contribution in [3.05, 3.63) is 23.8 Å². The Morgan fingerprint density at radius 2 is 2.06 bits per heavy atom. The van der Waals surface area contributed by atoms with Gasteiger partial charge in [0, 0.05) is 18.8 Å². The van der Waals surface area contributed by atoms with Gasteiger partial charge < -0.3 is 21.1 Å². The predicted octanol–water partition coefficient (Wildman–Crippen LogP) is 1.05. The molecule has 5 nitrogen and oxygen atoms in total. The smallest absolute Gasteiger partial charge is 0.253 e. The first-order chi connectivity index (χ1) is 8.58. The Balaban J connectivity index is 2.53. The third kappa shape index (κ3) is 3.92. The number of rotatable bonds is 6. The summed E-state index contributed by atoms with van der Waals surface area (Å²) in [5, 5.41) is 12.1. The Labute approximate surface area is 108 Å². The van der Waals surface area contributed by atoms with Crippen molar-refractivity contribution in [1.29, 1.82) is 0 Å². The van der Waals surface area contributed by atoms with Gasteiger partial charge >= 0.3 is 0 Å². The van der Waals surface area contributed by atoms with Crippen LogP contribution in [0.5, 0.6) is 5.75 Å². The average Bonchev–Trinajstić information content (AvgIpc) is 2.37. The van der Waals surface area contributed by atoms with Gasteiger partial charge in [-0.2, -0.15) is 0 Å². The number of hydrogen-bond donors (Lipinski definition) is 3. The van der Waals surface area contributed by atoms with Gasteiger partial charge in [-0.1, -0.05) is 13.8 Å². The number of aromatic hydroxyl groups is 1. The van der Waals surface area contributed by atoms with Crippen LogP contribution in [0.15, 0.2) is 18.2 Å². The van der Waals surface area contributed by atoms with Crippen LogP contribution in [-0.4, -0.2) is 42.1 Å². The molecule has 4 N–H and O–H groups in total. The third-order valence-electron chi connectivity index (χ3n) is 2.89. The normalized spacial score (nSPS) is 10.6. The van der Waals surface area contributed by atoms with Crippen LogP contribution >= 0.6 is 0 Å². The summed E-state index contributed by atoms with van der Waals surface area (Å²) in [6.45, 7) is 7.45. The van der Waals surface area contributed by atoms with Gasteiger partial charge in [0.25, 0.3) is 5.91 Å². The van der Waals surface area contributed by atoms with E-state index in [1.165, 1.54) is 18.2 Å². The van der Waals surface area contributed by atoms with Gasteiger partial charge in [0.2, 0.25) is 0 Å². The molecule has 0 heterocycles. The van der Waals surface area contributed by atoms with Gasteiger partial charge in [-0.3, -0.25) is 4.79 Å². The second kappa shape index (κ2) is 6.86. The molecule has 1 amide bonds. The lowest BCUT2D eigenvalue weighted by Crippen LogP contribution is -2.35. The zero-order valence-corrected chi connectivity index (χ0v) is 10.9. The maximum atomic E-state index is 11.9. The standard InChI is InChI=1S/C13H21N3O2/c1-3-16(4-2)8-7-15-13(18)11-9-10(17)5-6-12(11)14/h5-6,9,17H,3-4,7-8,14H2,1-2H3,(H,15,18). The molecule has 18 heavy (non-hydrogen) atoms. The molecule has 0 aliphatic rings. The van der Waals surface area contributed by atoms with Crippen LogP contribution < -0.4 is 11.1 Å². The number of nitrogen functional groups attached to an aromatic ring is 1. The number of benzene rings is 1. The van der Waals surface area contributed by atoms with Crippen LogP contribution in [0.2, 0.25) is 0 Å². The van der Waals surface area contributed by atoms with Crippen LogP contribution in [0.4, 0.5) is 5.69 Å². The first-order valence-electron chi connectivity index (χ1n) is 6.17. The zero-order chi connectivity index (χ0) is 13.5. The summed E-state index contributed by atoms with van der Waals surface area (Å²) in [4.78, 5) is 14.1. The van der Waals surface area contributed by atoms with Crippen molar-refractivity contribution in [3.8, 4) is 5.75 Å². The lowest BCUT2D eigenvalue weighted by molar-refractivity contribution is 0.0949. The number of amides is 1. The van der Waals surface area contributed by atoms with E-state index in [1.54, 1.807) is 0 Å². The summed E-state index contributed by atoms with van der Waals surface area (Å²) in [5.74, 6) is -0.214. The molecule has 0 aliphatic carbocycles. The van der Waals surface area contributed by atoms with Crippen molar-refractivity contribution in [2.75, 3.05) is 31.9 Å². The largest absolute Gasteiger partial charge is 0.508 e. The fraction of sp³-hybridized carbons (Fsp3) is 0.462. The number of nitrogens with zero attached hydrogens (tertiary/aromatic N) is 1. The van der Waals surface area contributed by atoms with Crippen LogP contribution in [0.1, 0.15) is 24.2 Å². The summed E-state index contributed by atoms with van der Waals surface area (Å²) in [7, 11) is 0. The molecular weight excluding hydrogens is 230 g/mol. The highest BCUT2D eigenvalue weighted by molar-refractivity contribution is 5.99. The van der Waals surface area contributed by atoms with Gasteiger partial charge in [-0.25, -0.2) is 0 Å². The molecule has 1 aromatic rings. The summed E-state index contributed by atoms with van der Waals surface area (Å²) in [6.07, 6.45) is 0. The minimum Gasteiger partial charge on any atom is -0.508 e. The monoisotopic (exact) mass is 251 g/mol. The topological polar surface area (TPSA) is 78.6 Å². The molecule has 0 radical (unpaired) electrons. The van der Waals surface area contributed by atoms with Gasteiger partial charge in [-0.05, 0) is 31.3 Å². The Morgan fingerprint density at radius 1 is 1.39 bits per heavy atom. The minimum atomic E-state index is -0.254. The SMILES string of the molecule is CCN(CC)CCNC(=O)c1cc(O)ccc1N. The van der Waals surface area contributed by atoms with Crippen LogP contribution in [-0.2, 0) is 0 Å². The molecule has 0 atom stereocenters. The first kappa shape index (κ1) is 14.3. The molecule has 5 heteroatoms. The summed E-state index contributed by atoms with van der Waals surface area (Å²) < 4.78 is 0. The number of carbonyl (C=O) groups is 1. The third-order valence-corrected chi connectivity index (χ3v) is 2.89. The molecule has 0 spiro atoms. The maximum Gasteiger partial charge on any atom is 0.253 e. The first-order valence-corrected chi connectivity index (χ1v) is 6.17. The van der Waals surface area contributed by atoms with E-state index in [0.717, 1.165) is 19.6 Å². The van der Waals surface area contributed by atoms with Crippen LogP contribution in [0.3, 0.4) is 0 Å². The number of nitrogens with two attached hydrogens (primary N) is 1. The Hall–Kier alpha value is -1.75. The molecule has 0 saturated carbocycles. The molecule has 0 bridgehead atoms. The molecule has 1 aromatic carbocycles. The van der Waals surface area contributed by atoms with E-state index in [-0.39, 0.29) is 11.7 Å². The number of nitrogens with one attached hydrogen (secondary N) is 1. The predicted molar refractivity (Wildman–Crippen MR) is 72.6 cm³/mol. The number of phenolic OH excluding ortho intramolecular Hbond substituents is 1. The molecule has 0 fully saturated rings. The molecule has 100 valence electrons. The van der Waals surface area contributed by atoms with Crippen molar-refractivity contribution in [1.82, 2.24) is 10.2 Å². The fourth-order valence-electron chi connectivity index (χ4n) is 1.70. The Kier molecular flexibility index (Phi) is 5.45. The van der Waals surface area contributed by atoms with Crippen molar-refractivity contribution in [2.45, 2.75) is 13.8 Å². The van der Waals surface area contributed by atoms with Gasteiger partial charge in [0.05, 0.1) is 5.56 Å². The Morgan fingerprint density at radius 3 is 2.67 bits per heavy atom. The second-order valence-corrected chi connectivity index (χ2v) is 4.05. The highest BCUT2D eigenvalue weighted by atomic mass is 16.3. The van der Waals surface area contributed by atoms with E-state index < -0.39 is 0 Å².